The lowest BCUT2D eigenvalue weighted by molar-refractivity contribution is -0.131. The number of carbonyl (C=O) groups is 2. The van der Waals surface area contributed by atoms with Crippen molar-refractivity contribution < 1.29 is 9.59 Å². The first kappa shape index (κ1) is 16.3. The van der Waals surface area contributed by atoms with E-state index < -0.39 is 0 Å². The molecular weight excluding hydrogens is 278 g/mol. The van der Waals surface area contributed by atoms with Gasteiger partial charge in [0.25, 0.3) is 5.91 Å². The zero-order chi connectivity index (χ0) is 16.1. The maximum Gasteiger partial charge on any atom is 0.251 e. The molecule has 22 heavy (non-hydrogen) atoms. The number of hydrogen-bond donors (Lipinski definition) is 2. The third-order valence-electron chi connectivity index (χ3n) is 3.89. The van der Waals surface area contributed by atoms with Crippen LogP contribution >= 0.6 is 0 Å². The van der Waals surface area contributed by atoms with Crippen LogP contribution in [0.15, 0.2) is 24.3 Å². The fourth-order valence-electron chi connectivity index (χ4n) is 2.34. The molecule has 5 heteroatoms. The molecule has 0 saturated heterocycles. The molecule has 1 unspecified atom stereocenters. The van der Waals surface area contributed by atoms with E-state index in [1.165, 1.54) is 0 Å². The Labute approximate surface area is 132 Å². The Bertz CT molecular complexity index is 519. The van der Waals surface area contributed by atoms with Gasteiger partial charge in [0.05, 0.1) is 0 Å². The summed E-state index contributed by atoms with van der Waals surface area (Å²) in [5, 5.41) is 6.15. The van der Waals surface area contributed by atoms with Crippen molar-refractivity contribution in [3.8, 4) is 0 Å². The Hall–Kier alpha value is -2.04. The van der Waals surface area contributed by atoms with E-state index in [2.05, 4.69) is 10.6 Å². The molecule has 0 aliphatic heterocycles. The summed E-state index contributed by atoms with van der Waals surface area (Å²) in [5.41, 5.74) is 1.50. The van der Waals surface area contributed by atoms with Gasteiger partial charge in [-0.25, -0.2) is 0 Å². The molecule has 0 spiro atoms. The first-order valence-electron chi connectivity index (χ1n) is 8.01. The van der Waals surface area contributed by atoms with E-state index in [0.29, 0.717) is 24.7 Å². The highest BCUT2D eigenvalue weighted by Gasteiger charge is 2.23. The number of anilines is 1. The van der Waals surface area contributed by atoms with Crippen LogP contribution in [-0.2, 0) is 4.79 Å². The second-order valence-electron chi connectivity index (χ2n) is 5.70. The topological polar surface area (TPSA) is 61.4 Å². The number of carbonyl (C=O) groups excluding carboxylic acids is 2. The Morgan fingerprint density at radius 1 is 1.18 bits per heavy atom. The molecule has 5 nitrogen and oxygen atoms in total. The average Bonchev–Trinajstić information content (AvgIpc) is 3.33. The summed E-state index contributed by atoms with van der Waals surface area (Å²) >= 11 is 0. The predicted octanol–water partition coefficient (Wildman–Crippen LogP) is 2.25. The van der Waals surface area contributed by atoms with Gasteiger partial charge >= 0.3 is 0 Å². The van der Waals surface area contributed by atoms with Gasteiger partial charge in [-0.1, -0.05) is 0 Å². The van der Waals surface area contributed by atoms with Crippen molar-refractivity contribution in [2.24, 2.45) is 0 Å². The molecule has 1 aliphatic rings. The molecule has 1 aliphatic carbocycles. The van der Waals surface area contributed by atoms with Crippen molar-refractivity contribution in [2.45, 2.75) is 45.7 Å². The molecular formula is C17H25N3O2. The van der Waals surface area contributed by atoms with Gasteiger partial charge in [-0.15, -0.1) is 0 Å². The zero-order valence-electron chi connectivity index (χ0n) is 13.6. The van der Waals surface area contributed by atoms with Crippen molar-refractivity contribution in [1.29, 1.82) is 0 Å². The van der Waals surface area contributed by atoms with Crippen LogP contribution in [0.4, 0.5) is 5.69 Å². The number of hydrogen-bond acceptors (Lipinski definition) is 3. The molecule has 1 atom stereocenters. The summed E-state index contributed by atoms with van der Waals surface area (Å²) in [7, 11) is 0. The van der Waals surface area contributed by atoms with Crippen LogP contribution in [0.2, 0.25) is 0 Å². The van der Waals surface area contributed by atoms with E-state index >= 15 is 0 Å². The lowest BCUT2D eigenvalue weighted by Gasteiger charge is -2.24. The number of nitrogens with one attached hydrogen (secondary N) is 2. The predicted molar refractivity (Wildman–Crippen MR) is 87.9 cm³/mol. The Balaban J connectivity index is 1.92. The molecule has 0 heterocycles. The molecule has 2 N–H and O–H groups in total. The van der Waals surface area contributed by atoms with Gasteiger partial charge in [0, 0.05) is 30.4 Å². The molecule has 1 aromatic carbocycles. The molecule has 0 aromatic heterocycles. The summed E-state index contributed by atoms with van der Waals surface area (Å²) in [6.45, 7) is 7.22. The van der Waals surface area contributed by atoms with E-state index in [1.54, 1.807) is 17.0 Å². The minimum absolute atomic E-state index is 0.0266. The molecule has 120 valence electrons. The highest BCUT2D eigenvalue weighted by Crippen LogP contribution is 2.19. The zero-order valence-corrected chi connectivity index (χ0v) is 13.6. The van der Waals surface area contributed by atoms with Crippen molar-refractivity contribution >= 4 is 17.5 Å². The Morgan fingerprint density at radius 3 is 2.27 bits per heavy atom. The van der Waals surface area contributed by atoms with Crippen LogP contribution in [0.25, 0.3) is 0 Å². The summed E-state index contributed by atoms with van der Waals surface area (Å²) in [6, 6.07) is 7.33. The standard InChI is InChI=1S/C17H25N3O2/c1-4-20(5-2)17(22)12(3)18-14-8-6-13(7-9-14)16(21)19-15-10-11-15/h6-9,12,15,18H,4-5,10-11H2,1-3H3,(H,19,21). The highest BCUT2D eigenvalue weighted by molar-refractivity contribution is 5.95. The van der Waals surface area contributed by atoms with Gasteiger partial charge in [-0.3, -0.25) is 9.59 Å². The molecule has 1 saturated carbocycles. The van der Waals surface area contributed by atoms with E-state index in [0.717, 1.165) is 18.5 Å². The van der Waals surface area contributed by atoms with Crippen molar-refractivity contribution in [3.05, 3.63) is 29.8 Å². The average molecular weight is 303 g/mol. The summed E-state index contributed by atoms with van der Waals surface area (Å²) < 4.78 is 0. The molecule has 2 amide bonds. The summed E-state index contributed by atoms with van der Waals surface area (Å²) in [5.74, 6) is 0.0573. The monoisotopic (exact) mass is 303 g/mol. The van der Waals surface area contributed by atoms with Gasteiger partial charge in [0.15, 0.2) is 0 Å². The fraction of sp³-hybridized carbons (Fsp3) is 0.529. The van der Waals surface area contributed by atoms with Crippen molar-refractivity contribution in [1.82, 2.24) is 10.2 Å². The van der Waals surface area contributed by atoms with E-state index in [1.807, 2.05) is 32.9 Å². The van der Waals surface area contributed by atoms with Crippen molar-refractivity contribution in [2.75, 3.05) is 18.4 Å². The number of amides is 2. The smallest absolute Gasteiger partial charge is 0.251 e. The minimum Gasteiger partial charge on any atom is -0.374 e. The largest absolute Gasteiger partial charge is 0.374 e. The van der Waals surface area contributed by atoms with Crippen LogP contribution in [0.5, 0.6) is 0 Å². The first-order chi connectivity index (χ1) is 10.5. The summed E-state index contributed by atoms with van der Waals surface area (Å²) in [4.78, 5) is 25.9. The normalized spacial score (nSPS) is 15.0. The van der Waals surface area contributed by atoms with Gasteiger partial charge in [-0.2, -0.15) is 0 Å². The van der Waals surface area contributed by atoms with E-state index in [4.69, 9.17) is 0 Å². The van der Waals surface area contributed by atoms with E-state index in [-0.39, 0.29) is 17.9 Å². The number of benzene rings is 1. The van der Waals surface area contributed by atoms with Crippen LogP contribution in [-0.4, -0.2) is 41.9 Å². The van der Waals surface area contributed by atoms with Crippen LogP contribution in [0.3, 0.4) is 0 Å². The number of nitrogens with zero attached hydrogens (tertiary/aromatic N) is 1. The number of rotatable bonds is 7. The molecule has 2 rings (SSSR count). The van der Waals surface area contributed by atoms with E-state index in [9.17, 15) is 9.59 Å². The van der Waals surface area contributed by atoms with Crippen LogP contribution in [0, 0.1) is 0 Å². The van der Waals surface area contributed by atoms with Crippen molar-refractivity contribution in [3.63, 3.8) is 0 Å². The lowest BCUT2D eigenvalue weighted by Crippen LogP contribution is -2.41. The van der Waals surface area contributed by atoms with Gasteiger partial charge in [0.2, 0.25) is 5.91 Å². The van der Waals surface area contributed by atoms with Gasteiger partial charge in [0.1, 0.15) is 6.04 Å². The maximum absolute atomic E-state index is 12.2. The second-order valence-corrected chi connectivity index (χ2v) is 5.70. The molecule has 0 radical (unpaired) electrons. The minimum atomic E-state index is -0.286. The number of likely N-dealkylation sites (N-methyl/N-ethyl adjacent to an activating group) is 1. The highest BCUT2D eigenvalue weighted by atomic mass is 16.2. The summed E-state index contributed by atoms with van der Waals surface area (Å²) in [6.07, 6.45) is 2.16. The second kappa shape index (κ2) is 7.29. The lowest BCUT2D eigenvalue weighted by atomic mass is 10.1. The fourth-order valence-corrected chi connectivity index (χ4v) is 2.34. The SMILES string of the molecule is CCN(CC)C(=O)C(C)Nc1ccc(C(=O)NC2CC2)cc1. The molecule has 1 fully saturated rings. The molecule has 1 aromatic rings. The van der Waals surface area contributed by atoms with Crippen LogP contribution < -0.4 is 10.6 Å². The molecule has 0 bridgehead atoms. The first-order valence-corrected chi connectivity index (χ1v) is 8.01. The Kier molecular flexibility index (Phi) is 5.41. The van der Waals surface area contributed by atoms with Gasteiger partial charge in [-0.05, 0) is 57.9 Å². The van der Waals surface area contributed by atoms with Gasteiger partial charge < -0.3 is 15.5 Å². The third kappa shape index (κ3) is 4.23. The Morgan fingerprint density at radius 2 is 1.77 bits per heavy atom. The third-order valence-corrected chi connectivity index (χ3v) is 3.89. The maximum atomic E-state index is 12.2. The van der Waals surface area contributed by atoms with Crippen LogP contribution in [0.1, 0.15) is 44.0 Å². The quantitative estimate of drug-likeness (QED) is 0.812.